The lowest BCUT2D eigenvalue weighted by molar-refractivity contribution is 0.910. The molecule has 0 fully saturated rings. The van der Waals surface area contributed by atoms with Gasteiger partial charge in [0.1, 0.15) is 0 Å². The summed E-state index contributed by atoms with van der Waals surface area (Å²) < 4.78 is 0. The van der Waals surface area contributed by atoms with E-state index in [4.69, 9.17) is 5.41 Å². The molecule has 0 aromatic rings. The van der Waals surface area contributed by atoms with E-state index in [0.717, 1.165) is 12.8 Å². The molecule has 0 saturated carbocycles. The fraction of sp³-hybridized carbons (Fsp3) is 0.500. The van der Waals surface area contributed by atoms with Gasteiger partial charge in [0.05, 0.1) is 0 Å². The molecule has 0 unspecified atom stereocenters. The Morgan fingerprint density at radius 1 is 1.27 bits per heavy atom. The Morgan fingerprint density at radius 2 is 1.82 bits per heavy atom. The lowest BCUT2D eigenvalue weighted by Crippen LogP contribution is -1.78. The third kappa shape index (κ3) is 2.71. The summed E-state index contributed by atoms with van der Waals surface area (Å²) in [6.45, 7) is 7.68. The average molecular weight is 151 g/mol. The number of hydrogen-bond donors (Lipinski definition) is 1. The van der Waals surface area contributed by atoms with Crippen molar-refractivity contribution in [3.63, 3.8) is 0 Å². The second-order valence-electron chi connectivity index (χ2n) is 2.25. The molecule has 1 nitrogen and oxygen atoms in total. The standard InChI is InChI=1S/C8H11N.C2H6/c1-2-7-4-3-5-8(7)6-9;1-2/h2,6,9H,1,3-5H2;1-2H3. The minimum Gasteiger partial charge on any atom is -0.308 e. The highest BCUT2D eigenvalue weighted by molar-refractivity contribution is 5.78. The highest BCUT2D eigenvalue weighted by atomic mass is 14.3. The molecule has 0 radical (unpaired) electrons. The molecule has 0 amide bonds. The van der Waals surface area contributed by atoms with Gasteiger partial charge >= 0.3 is 0 Å². The van der Waals surface area contributed by atoms with Gasteiger partial charge in [0.15, 0.2) is 0 Å². The van der Waals surface area contributed by atoms with Crippen LogP contribution < -0.4 is 0 Å². The Morgan fingerprint density at radius 3 is 2.18 bits per heavy atom. The maximum Gasteiger partial charge on any atom is 0.0212 e. The third-order valence-electron chi connectivity index (χ3n) is 1.73. The topological polar surface area (TPSA) is 23.9 Å². The number of hydrogen-bond acceptors (Lipinski definition) is 1. The molecule has 0 aromatic heterocycles. The van der Waals surface area contributed by atoms with E-state index in [1.165, 1.54) is 23.8 Å². The first-order valence-corrected chi connectivity index (χ1v) is 4.23. The van der Waals surface area contributed by atoms with E-state index in [1.54, 1.807) is 0 Å². The van der Waals surface area contributed by atoms with E-state index in [0.29, 0.717) is 0 Å². The minimum absolute atomic E-state index is 1.07. The quantitative estimate of drug-likeness (QED) is 0.585. The molecule has 0 aliphatic heterocycles. The maximum absolute atomic E-state index is 7.00. The molecule has 0 saturated heterocycles. The van der Waals surface area contributed by atoms with Crippen molar-refractivity contribution >= 4 is 6.21 Å². The Bertz CT molecular complexity index is 148. The van der Waals surface area contributed by atoms with Gasteiger partial charge < -0.3 is 5.41 Å². The zero-order valence-corrected chi connectivity index (χ0v) is 7.48. The first-order valence-electron chi connectivity index (χ1n) is 4.23. The van der Waals surface area contributed by atoms with E-state index in [9.17, 15) is 0 Å². The summed E-state index contributed by atoms with van der Waals surface area (Å²) in [7, 11) is 0. The van der Waals surface area contributed by atoms with Crippen LogP contribution in [0.25, 0.3) is 0 Å². The first kappa shape index (κ1) is 10.2. The van der Waals surface area contributed by atoms with Crippen LogP contribution in [0.3, 0.4) is 0 Å². The molecule has 0 bridgehead atoms. The van der Waals surface area contributed by atoms with Crippen molar-refractivity contribution in [3.8, 4) is 0 Å². The lowest BCUT2D eigenvalue weighted by Gasteiger charge is -1.90. The van der Waals surface area contributed by atoms with Gasteiger partial charge in [0.25, 0.3) is 0 Å². The van der Waals surface area contributed by atoms with Crippen LogP contribution in [0.5, 0.6) is 0 Å². The van der Waals surface area contributed by atoms with E-state index in [2.05, 4.69) is 6.58 Å². The van der Waals surface area contributed by atoms with E-state index >= 15 is 0 Å². The summed E-state index contributed by atoms with van der Waals surface area (Å²) in [6.07, 6.45) is 6.71. The number of nitrogens with one attached hydrogen (secondary N) is 1. The van der Waals surface area contributed by atoms with Crippen LogP contribution in [-0.2, 0) is 0 Å². The van der Waals surface area contributed by atoms with Crippen molar-refractivity contribution in [3.05, 3.63) is 23.8 Å². The van der Waals surface area contributed by atoms with E-state index in [-0.39, 0.29) is 0 Å². The van der Waals surface area contributed by atoms with Gasteiger partial charge in [-0.25, -0.2) is 0 Å². The monoisotopic (exact) mass is 151 g/mol. The van der Waals surface area contributed by atoms with Crippen molar-refractivity contribution < 1.29 is 0 Å². The van der Waals surface area contributed by atoms with Gasteiger partial charge in [-0.3, -0.25) is 0 Å². The fourth-order valence-electron chi connectivity index (χ4n) is 1.19. The van der Waals surface area contributed by atoms with Crippen molar-refractivity contribution in [1.29, 1.82) is 5.41 Å². The van der Waals surface area contributed by atoms with Crippen LogP contribution >= 0.6 is 0 Å². The van der Waals surface area contributed by atoms with Crippen LogP contribution in [0.4, 0.5) is 0 Å². The minimum atomic E-state index is 1.07. The van der Waals surface area contributed by atoms with E-state index < -0.39 is 0 Å². The summed E-state index contributed by atoms with van der Waals surface area (Å²) in [5, 5.41) is 7.00. The molecule has 1 aliphatic rings. The average Bonchev–Trinajstić information content (AvgIpc) is 2.54. The summed E-state index contributed by atoms with van der Waals surface area (Å²) in [5.41, 5.74) is 2.44. The molecule has 0 atom stereocenters. The summed E-state index contributed by atoms with van der Waals surface area (Å²) in [4.78, 5) is 0. The highest BCUT2D eigenvalue weighted by Crippen LogP contribution is 2.24. The zero-order chi connectivity index (χ0) is 8.69. The Hall–Kier alpha value is -0.850. The van der Waals surface area contributed by atoms with Crippen LogP contribution in [0.1, 0.15) is 33.1 Å². The molecular weight excluding hydrogens is 134 g/mol. The zero-order valence-electron chi connectivity index (χ0n) is 7.48. The second kappa shape index (κ2) is 5.90. The summed E-state index contributed by atoms with van der Waals surface area (Å²) in [5.74, 6) is 0. The van der Waals surface area contributed by atoms with Crippen LogP contribution in [0, 0.1) is 5.41 Å². The van der Waals surface area contributed by atoms with Crippen molar-refractivity contribution in [2.45, 2.75) is 33.1 Å². The molecule has 62 valence electrons. The normalized spacial score (nSPS) is 15.5. The highest BCUT2D eigenvalue weighted by Gasteiger charge is 2.08. The van der Waals surface area contributed by atoms with Gasteiger partial charge in [-0.05, 0) is 30.4 Å². The van der Waals surface area contributed by atoms with E-state index in [1.807, 2.05) is 19.9 Å². The summed E-state index contributed by atoms with van der Waals surface area (Å²) in [6, 6.07) is 0. The van der Waals surface area contributed by atoms with Gasteiger partial charge in [-0.15, -0.1) is 0 Å². The maximum atomic E-state index is 7.00. The van der Waals surface area contributed by atoms with Gasteiger partial charge in [0.2, 0.25) is 0 Å². The molecule has 0 aromatic carbocycles. The first-order chi connectivity index (χ1) is 5.38. The van der Waals surface area contributed by atoms with Gasteiger partial charge in [-0.2, -0.15) is 0 Å². The van der Waals surface area contributed by atoms with Gasteiger partial charge in [-0.1, -0.05) is 26.5 Å². The second-order valence-corrected chi connectivity index (χ2v) is 2.25. The Kier molecular flexibility index (Phi) is 5.44. The molecule has 1 heteroatoms. The van der Waals surface area contributed by atoms with Gasteiger partial charge in [0, 0.05) is 6.21 Å². The molecular formula is C10H17N. The predicted molar refractivity (Wildman–Crippen MR) is 51.2 cm³/mol. The molecule has 0 spiro atoms. The molecule has 11 heavy (non-hydrogen) atoms. The molecule has 0 heterocycles. The van der Waals surface area contributed by atoms with Crippen LogP contribution in [0.2, 0.25) is 0 Å². The number of allylic oxidation sites excluding steroid dienone is 3. The Labute approximate surface area is 69.3 Å². The predicted octanol–water partition coefficient (Wildman–Crippen LogP) is 3.33. The fourth-order valence-corrected chi connectivity index (χ4v) is 1.19. The van der Waals surface area contributed by atoms with Crippen LogP contribution in [-0.4, -0.2) is 6.21 Å². The smallest absolute Gasteiger partial charge is 0.0212 e. The molecule has 1 N–H and O–H groups in total. The largest absolute Gasteiger partial charge is 0.308 e. The molecule has 1 aliphatic carbocycles. The third-order valence-corrected chi connectivity index (χ3v) is 1.73. The van der Waals surface area contributed by atoms with Crippen LogP contribution in [0.15, 0.2) is 23.8 Å². The SMILES string of the molecule is C=CC1=C(C=N)CCC1.CC. The van der Waals surface area contributed by atoms with Crippen molar-refractivity contribution in [2.24, 2.45) is 0 Å². The number of rotatable bonds is 2. The lowest BCUT2D eigenvalue weighted by atomic mass is 10.2. The Balaban J connectivity index is 0.000000461. The molecule has 1 rings (SSSR count). The summed E-state index contributed by atoms with van der Waals surface area (Å²) >= 11 is 0. The van der Waals surface area contributed by atoms with Crippen molar-refractivity contribution in [2.75, 3.05) is 0 Å². The van der Waals surface area contributed by atoms with Crippen molar-refractivity contribution in [1.82, 2.24) is 0 Å².